The predicted molar refractivity (Wildman–Crippen MR) is 148 cm³/mol. The summed E-state index contributed by atoms with van der Waals surface area (Å²) in [6, 6.07) is 8.17. The van der Waals surface area contributed by atoms with Crippen LogP contribution in [0.2, 0.25) is 18.1 Å². The number of primary amides is 1. The molecule has 9 heteroatoms. The van der Waals surface area contributed by atoms with Crippen molar-refractivity contribution in [2.24, 2.45) is 5.73 Å². The van der Waals surface area contributed by atoms with Gasteiger partial charge in [0.25, 0.3) is 5.91 Å². The summed E-state index contributed by atoms with van der Waals surface area (Å²) in [5.41, 5.74) is 9.71. The van der Waals surface area contributed by atoms with Gasteiger partial charge < -0.3 is 19.1 Å². The van der Waals surface area contributed by atoms with Gasteiger partial charge in [0.2, 0.25) is 5.89 Å². The van der Waals surface area contributed by atoms with E-state index in [0.29, 0.717) is 5.89 Å². The first-order valence-corrected chi connectivity index (χ1v) is 16.1. The van der Waals surface area contributed by atoms with E-state index in [-0.39, 0.29) is 22.9 Å². The maximum absolute atomic E-state index is 11.7. The van der Waals surface area contributed by atoms with Gasteiger partial charge in [-0.3, -0.25) is 4.79 Å². The number of nitrogens with zero attached hydrogens (tertiary/aromatic N) is 3. The normalized spacial score (nSPS) is 14.3. The number of carbonyl (C=O) groups is 1. The van der Waals surface area contributed by atoms with Crippen molar-refractivity contribution in [1.29, 1.82) is 0 Å². The Balaban J connectivity index is 1.62. The number of imidazole rings is 1. The third-order valence-corrected chi connectivity index (χ3v) is 12.8. The topological polar surface area (TPSA) is 96.2 Å². The van der Waals surface area contributed by atoms with E-state index in [1.54, 1.807) is 23.9 Å². The van der Waals surface area contributed by atoms with E-state index >= 15 is 0 Å². The van der Waals surface area contributed by atoms with E-state index in [4.69, 9.17) is 19.6 Å². The highest BCUT2D eigenvalue weighted by Crippen LogP contribution is 2.39. The van der Waals surface area contributed by atoms with Crippen LogP contribution in [0.1, 0.15) is 61.8 Å². The monoisotopic (exact) mass is 524 g/mol. The zero-order valence-electron chi connectivity index (χ0n) is 22.2. The molecule has 3 aromatic heterocycles. The van der Waals surface area contributed by atoms with Crippen molar-refractivity contribution in [3.8, 4) is 10.8 Å². The molecule has 0 fully saturated rings. The van der Waals surface area contributed by atoms with Crippen LogP contribution in [0.15, 0.2) is 46.6 Å². The summed E-state index contributed by atoms with van der Waals surface area (Å²) in [4.78, 5) is 21.7. The van der Waals surface area contributed by atoms with Crippen LogP contribution in [0.3, 0.4) is 0 Å². The number of oxazole rings is 1. The summed E-state index contributed by atoms with van der Waals surface area (Å²) in [6.07, 6.45) is 4.86. The molecule has 0 saturated carbocycles. The van der Waals surface area contributed by atoms with Crippen molar-refractivity contribution in [2.75, 3.05) is 0 Å². The van der Waals surface area contributed by atoms with Crippen molar-refractivity contribution in [3.05, 3.63) is 59.0 Å². The molecule has 0 saturated heterocycles. The number of nitrogens with two attached hydrogens (primary N) is 1. The molecular weight excluding hydrogens is 488 g/mol. The molecule has 192 valence electrons. The largest absolute Gasteiger partial charge is 0.435 e. The average molecular weight is 525 g/mol. The van der Waals surface area contributed by atoms with Gasteiger partial charge in [0.1, 0.15) is 11.2 Å². The lowest BCUT2D eigenvalue weighted by Crippen LogP contribution is -2.45. The number of para-hydroxylation sites is 1. The SMILES string of the molecule is Cc1csc(-c2nc3cccc(CC[C@H]([C@H](C)O[Si](C)(C)C(C)(C)C)n4cnc(C(N)=O)c4)c3o2)c1. The number of amides is 1. The van der Waals surface area contributed by atoms with E-state index in [2.05, 4.69) is 70.2 Å². The molecule has 3 heterocycles. The molecule has 0 aliphatic rings. The summed E-state index contributed by atoms with van der Waals surface area (Å²) in [5, 5.41) is 2.19. The lowest BCUT2D eigenvalue weighted by atomic mass is 10.0. The summed E-state index contributed by atoms with van der Waals surface area (Å²) in [6.45, 7) is 15.4. The van der Waals surface area contributed by atoms with Crippen molar-refractivity contribution < 1.29 is 13.6 Å². The molecule has 4 aromatic rings. The number of carbonyl (C=O) groups excluding carboxylic acids is 1. The minimum Gasteiger partial charge on any atom is -0.435 e. The number of hydrogen-bond donors (Lipinski definition) is 1. The van der Waals surface area contributed by atoms with Crippen molar-refractivity contribution in [2.45, 2.75) is 77.7 Å². The molecule has 4 rings (SSSR count). The Morgan fingerprint density at radius 2 is 2.06 bits per heavy atom. The van der Waals surface area contributed by atoms with Gasteiger partial charge in [-0.2, -0.15) is 0 Å². The second-order valence-electron chi connectivity index (χ2n) is 11.0. The molecule has 2 N–H and O–H groups in total. The maximum atomic E-state index is 11.7. The fraction of sp³-hybridized carbons (Fsp3) is 0.444. The molecular formula is C27H36N4O3SSi. The highest BCUT2D eigenvalue weighted by atomic mass is 32.1. The van der Waals surface area contributed by atoms with Crippen LogP contribution < -0.4 is 5.73 Å². The second-order valence-corrected chi connectivity index (χ2v) is 16.7. The maximum Gasteiger partial charge on any atom is 0.268 e. The van der Waals surface area contributed by atoms with Crippen molar-refractivity contribution >= 4 is 36.7 Å². The van der Waals surface area contributed by atoms with E-state index in [1.165, 1.54) is 5.56 Å². The molecule has 0 spiro atoms. The molecule has 0 aliphatic heterocycles. The molecule has 1 aromatic carbocycles. The molecule has 2 atom stereocenters. The second kappa shape index (κ2) is 9.95. The molecule has 0 bridgehead atoms. The smallest absolute Gasteiger partial charge is 0.268 e. The summed E-state index contributed by atoms with van der Waals surface area (Å²) < 4.78 is 15.0. The molecule has 0 aliphatic carbocycles. The van der Waals surface area contributed by atoms with E-state index in [1.807, 2.05) is 16.7 Å². The van der Waals surface area contributed by atoms with Crippen molar-refractivity contribution in [1.82, 2.24) is 14.5 Å². The van der Waals surface area contributed by atoms with E-state index < -0.39 is 14.2 Å². The average Bonchev–Trinajstić information content (AvgIpc) is 3.52. The standard InChI is InChI=1S/C27H36N4O3SSi/c1-17-13-23(35-15-17)26-30-20-10-8-9-19(24(20)33-26)11-12-22(31-14-21(25(28)32)29-16-31)18(2)34-36(6,7)27(3,4)5/h8-10,13-16,18,22H,11-12H2,1-7H3,(H2,28,32)/t18-,22+/m0/s1. The highest BCUT2D eigenvalue weighted by Gasteiger charge is 2.40. The minimum atomic E-state index is -2.02. The van der Waals surface area contributed by atoms with E-state index in [0.717, 1.165) is 34.4 Å². The van der Waals surface area contributed by atoms with E-state index in [9.17, 15) is 4.79 Å². The Bertz CT molecular complexity index is 1360. The van der Waals surface area contributed by atoms with Crippen LogP contribution in [0.25, 0.3) is 21.9 Å². The number of benzene rings is 1. The lowest BCUT2D eigenvalue weighted by molar-refractivity contribution is 0.0995. The molecule has 1 amide bonds. The number of fused-ring (bicyclic) bond motifs is 1. The van der Waals surface area contributed by atoms with Gasteiger partial charge in [0.05, 0.1) is 23.4 Å². The summed E-state index contributed by atoms with van der Waals surface area (Å²) >= 11 is 1.64. The fourth-order valence-electron chi connectivity index (χ4n) is 4.15. The van der Waals surface area contributed by atoms with Crippen LogP contribution >= 0.6 is 11.3 Å². The number of aryl methyl sites for hydroxylation is 2. The first-order chi connectivity index (χ1) is 16.9. The number of rotatable bonds is 9. The Labute approximate surface area is 217 Å². The van der Waals surface area contributed by atoms with Gasteiger partial charge in [-0.05, 0) is 73.5 Å². The fourth-order valence-corrected chi connectivity index (χ4v) is 6.41. The third kappa shape index (κ3) is 5.48. The molecule has 0 unspecified atom stereocenters. The van der Waals surface area contributed by atoms with Gasteiger partial charge in [-0.1, -0.05) is 32.9 Å². The van der Waals surface area contributed by atoms with Crippen LogP contribution in [0.4, 0.5) is 0 Å². The van der Waals surface area contributed by atoms with Crippen LogP contribution in [-0.2, 0) is 10.8 Å². The first kappa shape index (κ1) is 26.3. The van der Waals surface area contributed by atoms with Crippen LogP contribution in [-0.4, -0.2) is 34.9 Å². The zero-order valence-corrected chi connectivity index (χ0v) is 24.0. The number of thiophene rings is 1. The Kier molecular flexibility index (Phi) is 7.27. The molecule has 0 radical (unpaired) electrons. The van der Waals surface area contributed by atoms with Gasteiger partial charge in [-0.25, -0.2) is 9.97 Å². The zero-order chi connectivity index (χ0) is 26.3. The Morgan fingerprint density at radius 3 is 2.67 bits per heavy atom. The van der Waals surface area contributed by atoms with Gasteiger partial charge in [-0.15, -0.1) is 11.3 Å². The number of aromatic nitrogens is 3. The summed E-state index contributed by atoms with van der Waals surface area (Å²) in [5.74, 6) is 0.121. The third-order valence-electron chi connectivity index (χ3n) is 7.21. The number of hydrogen-bond acceptors (Lipinski definition) is 6. The Hall–Kier alpha value is -2.75. The first-order valence-electron chi connectivity index (χ1n) is 12.3. The highest BCUT2D eigenvalue weighted by molar-refractivity contribution is 7.13. The predicted octanol–water partition coefficient (Wildman–Crippen LogP) is 6.74. The molecule has 36 heavy (non-hydrogen) atoms. The minimum absolute atomic E-state index is 0.0303. The van der Waals surface area contributed by atoms with Gasteiger partial charge in [0.15, 0.2) is 13.9 Å². The van der Waals surface area contributed by atoms with Crippen LogP contribution in [0.5, 0.6) is 0 Å². The molecule has 7 nitrogen and oxygen atoms in total. The summed E-state index contributed by atoms with van der Waals surface area (Å²) in [7, 11) is -2.02. The van der Waals surface area contributed by atoms with Crippen LogP contribution in [0, 0.1) is 6.92 Å². The quantitative estimate of drug-likeness (QED) is 0.244. The van der Waals surface area contributed by atoms with Gasteiger partial charge >= 0.3 is 0 Å². The lowest BCUT2D eigenvalue weighted by Gasteiger charge is -2.40. The van der Waals surface area contributed by atoms with Crippen molar-refractivity contribution in [3.63, 3.8) is 0 Å². The van der Waals surface area contributed by atoms with Gasteiger partial charge in [0, 0.05) is 6.20 Å². The Morgan fingerprint density at radius 1 is 1.31 bits per heavy atom.